The summed E-state index contributed by atoms with van der Waals surface area (Å²) in [5, 5.41) is 38.6. The maximum Gasteiger partial charge on any atom is 3.00 e. The zero-order valence-electron chi connectivity index (χ0n) is 21.2. The van der Waals surface area contributed by atoms with E-state index in [1.54, 1.807) is 0 Å². The first-order valence-electron chi connectivity index (χ1n) is 13.0. The third-order valence-electron chi connectivity index (χ3n) is 7.97. The van der Waals surface area contributed by atoms with Crippen molar-refractivity contribution in [1.29, 1.82) is 0 Å². The van der Waals surface area contributed by atoms with E-state index < -0.39 is 23.9 Å². The van der Waals surface area contributed by atoms with Gasteiger partial charge in [0.15, 0.2) is 0 Å². The van der Waals surface area contributed by atoms with Gasteiger partial charge in [-0.2, -0.15) is 0 Å². The average molecular weight is 670 g/mol. The molecule has 4 atom stereocenters. The second kappa shape index (κ2) is 15.6. The molecule has 209 valence electrons. The normalized spacial score (nSPS) is 29.0. The molecule has 4 unspecified atom stereocenters. The van der Waals surface area contributed by atoms with Crippen LogP contribution in [0, 0.1) is 39.9 Å². The first kappa shape index (κ1) is 32.3. The van der Waals surface area contributed by atoms with Crippen LogP contribution in [0.15, 0.2) is 0 Å². The second-order valence-corrected chi connectivity index (χ2v) is 10.3. The average Bonchev–Trinajstić information content (AvgIpc) is 2.81. The molecule has 2 aliphatic carbocycles. The van der Waals surface area contributed by atoms with Crippen molar-refractivity contribution in [3.63, 3.8) is 0 Å². The fourth-order valence-electron chi connectivity index (χ4n) is 6.54. The maximum absolute atomic E-state index is 11.8. The van der Waals surface area contributed by atoms with Crippen LogP contribution in [0.2, 0.25) is 0 Å². The van der Waals surface area contributed by atoms with E-state index in [1.807, 2.05) is 19.6 Å². The Bertz CT molecular complexity index is 675. The van der Waals surface area contributed by atoms with Crippen LogP contribution >= 0.6 is 0 Å². The summed E-state index contributed by atoms with van der Waals surface area (Å²) < 4.78 is 0. The van der Waals surface area contributed by atoms with Crippen molar-refractivity contribution in [2.75, 3.05) is 52.4 Å². The molecule has 12 nitrogen and oxygen atoms in total. The summed E-state index contributed by atoms with van der Waals surface area (Å²) in [6.45, 7) is 0.635. The van der Waals surface area contributed by atoms with Crippen LogP contribution in [0.25, 0.3) is 0 Å². The number of rotatable bonds is 8. The molecule has 1 radical (unpaired) electrons. The number of fused-ring (bicyclic) bond motifs is 2. The van der Waals surface area contributed by atoms with Crippen molar-refractivity contribution >= 4 is 23.9 Å². The Morgan fingerprint density at radius 3 is 0.811 bits per heavy atom. The molecule has 0 aromatic heterocycles. The number of nitrogens with zero attached hydrogens (tertiary/aromatic N) is 4. The molecule has 3 aliphatic rings. The van der Waals surface area contributed by atoms with E-state index >= 15 is 0 Å². The third kappa shape index (κ3) is 9.63. The summed E-state index contributed by atoms with van der Waals surface area (Å²) in [7, 11) is 0. The number of carboxylic acid groups (broad SMARTS) is 4. The molecule has 3 rings (SSSR count). The van der Waals surface area contributed by atoms with Gasteiger partial charge in [-0.15, -0.1) is 0 Å². The Labute approximate surface area is 249 Å². The Hall–Kier alpha value is -0.955. The van der Waals surface area contributed by atoms with Crippen molar-refractivity contribution < 1.29 is 79.5 Å². The van der Waals surface area contributed by atoms with Crippen molar-refractivity contribution in [1.82, 2.24) is 19.6 Å². The Morgan fingerprint density at radius 2 is 0.649 bits per heavy atom. The predicted octanol–water partition coefficient (Wildman–Crippen LogP) is 0.169. The number of carbonyl (C=O) groups is 4. The van der Waals surface area contributed by atoms with Crippen molar-refractivity contribution in [2.45, 2.75) is 75.5 Å². The van der Waals surface area contributed by atoms with Gasteiger partial charge in [-0.3, -0.25) is 38.8 Å². The van der Waals surface area contributed by atoms with Crippen molar-refractivity contribution in [2.24, 2.45) is 0 Å². The van der Waals surface area contributed by atoms with Gasteiger partial charge in [0.2, 0.25) is 0 Å². The van der Waals surface area contributed by atoms with Gasteiger partial charge < -0.3 is 20.4 Å². The molecule has 1 heterocycles. The molecule has 37 heavy (non-hydrogen) atoms. The van der Waals surface area contributed by atoms with Crippen molar-refractivity contribution in [3.05, 3.63) is 0 Å². The molecule has 0 bridgehead atoms. The molecular weight excluding hydrogens is 630 g/mol. The fraction of sp³-hybridized carbons (Fsp3) is 0.833. The predicted molar refractivity (Wildman–Crippen MR) is 129 cm³/mol. The van der Waals surface area contributed by atoms with Gasteiger partial charge in [-0.25, -0.2) is 0 Å². The van der Waals surface area contributed by atoms with Crippen LogP contribution in [0.3, 0.4) is 0 Å². The first-order valence-corrected chi connectivity index (χ1v) is 13.0. The van der Waals surface area contributed by atoms with Crippen LogP contribution in [-0.4, -0.2) is 140 Å². The summed E-state index contributed by atoms with van der Waals surface area (Å²) in [5.74, 6) is -3.87. The summed E-state index contributed by atoms with van der Waals surface area (Å²) in [4.78, 5) is 54.7. The summed E-state index contributed by atoms with van der Waals surface area (Å²) in [5.41, 5.74) is 0. The summed E-state index contributed by atoms with van der Waals surface area (Å²) >= 11 is 0. The molecule has 4 N–H and O–H groups in total. The van der Waals surface area contributed by atoms with Gasteiger partial charge >= 0.3 is 63.8 Å². The van der Waals surface area contributed by atoms with E-state index in [2.05, 4.69) is 0 Å². The minimum Gasteiger partial charge on any atom is -0.480 e. The Kier molecular flexibility index (Phi) is 13.6. The molecule has 0 amide bonds. The standard InChI is InChI=1S/C24H40N4O8.Gd/c29-21(30)13-25-9-10-27(15-23(33)34)19-7-3-4-8-20(19)28(16-24(35)36)12-11-26(14-22(31)32)18-6-2-1-5-17(18)25;/h17-20H,1-16H2,(H,29,30)(H,31,32)(H,33,34)(H,35,36);/q;+3. The first-order chi connectivity index (χ1) is 17.2. The van der Waals surface area contributed by atoms with Gasteiger partial charge in [0.05, 0.1) is 26.2 Å². The van der Waals surface area contributed by atoms with E-state index in [0.717, 1.165) is 51.4 Å². The van der Waals surface area contributed by atoms with Crippen LogP contribution in [0.4, 0.5) is 0 Å². The Morgan fingerprint density at radius 1 is 0.459 bits per heavy atom. The molecule has 0 spiro atoms. The van der Waals surface area contributed by atoms with E-state index in [1.165, 1.54) is 0 Å². The van der Waals surface area contributed by atoms with E-state index in [-0.39, 0.29) is 90.3 Å². The van der Waals surface area contributed by atoms with Crippen LogP contribution in [-0.2, 0) is 19.2 Å². The second-order valence-electron chi connectivity index (χ2n) is 10.3. The van der Waals surface area contributed by atoms with E-state index in [4.69, 9.17) is 0 Å². The largest absolute Gasteiger partial charge is 3.00 e. The number of carboxylic acids is 4. The summed E-state index contributed by atoms with van der Waals surface area (Å²) in [6, 6.07) is -0.684. The number of aliphatic carboxylic acids is 4. The molecule has 3 fully saturated rings. The number of hydrogen-bond acceptors (Lipinski definition) is 8. The molecule has 0 aromatic rings. The van der Waals surface area contributed by atoms with Crippen LogP contribution < -0.4 is 0 Å². The van der Waals surface area contributed by atoms with E-state index in [9.17, 15) is 39.6 Å². The minimum atomic E-state index is -0.968. The molecule has 2 saturated carbocycles. The van der Waals surface area contributed by atoms with Crippen molar-refractivity contribution in [3.8, 4) is 0 Å². The molecule has 1 saturated heterocycles. The zero-order chi connectivity index (χ0) is 26.2. The van der Waals surface area contributed by atoms with Gasteiger partial charge in [0, 0.05) is 50.3 Å². The van der Waals surface area contributed by atoms with Crippen LogP contribution in [0.5, 0.6) is 0 Å². The number of hydrogen-bond donors (Lipinski definition) is 4. The fourth-order valence-corrected chi connectivity index (χ4v) is 6.54. The van der Waals surface area contributed by atoms with Gasteiger partial charge in [0.1, 0.15) is 0 Å². The maximum atomic E-state index is 11.8. The molecule has 13 heteroatoms. The smallest absolute Gasteiger partial charge is 0.480 e. The van der Waals surface area contributed by atoms with Gasteiger partial charge in [-0.1, -0.05) is 25.7 Å². The zero-order valence-corrected chi connectivity index (χ0v) is 23.5. The SMILES string of the molecule is O=C(O)CN1CCN(CC(=O)O)C2CCCCC2N(CC(=O)O)CCN(CC(=O)O)C2CCCCC21.[Gd+3]. The van der Waals surface area contributed by atoms with Crippen LogP contribution in [0.1, 0.15) is 51.4 Å². The molecule has 0 aromatic carbocycles. The summed E-state index contributed by atoms with van der Waals surface area (Å²) in [6.07, 6.45) is 6.57. The topological polar surface area (TPSA) is 162 Å². The Balaban J connectivity index is 0.00000481. The monoisotopic (exact) mass is 670 g/mol. The van der Waals surface area contributed by atoms with E-state index in [0.29, 0.717) is 26.2 Å². The molecular formula is C24H40GdN4O8+3. The third-order valence-corrected chi connectivity index (χ3v) is 7.97. The van der Waals surface area contributed by atoms with Gasteiger partial charge in [0.25, 0.3) is 0 Å². The van der Waals surface area contributed by atoms with Gasteiger partial charge in [-0.05, 0) is 25.7 Å². The minimum absolute atomic E-state index is 0. The quantitative estimate of drug-likeness (QED) is 0.278. The molecule has 1 aliphatic heterocycles.